The number of rotatable bonds is 15. The van der Waals surface area contributed by atoms with Gasteiger partial charge in [0.05, 0.1) is 0 Å². The van der Waals surface area contributed by atoms with Gasteiger partial charge in [0.15, 0.2) is 0 Å². The molecule has 0 bridgehead atoms. The normalized spacial score (nSPS) is 21.9. The summed E-state index contributed by atoms with van der Waals surface area (Å²) in [5, 5.41) is 0. The number of hydrogen-bond acceptors (Lipinski definition) is 10. The Morgan fingerprint density at radius 3 is 0.675 bits per heavy atom. The highest BCUT2D eigenvalue weighted by molar-refractivity contribution is 5.91. The summed E-state index contributed by atoms with van der Waals surface area (Å²) in [6, 6.07) is 0. The van der Waals surface area contributed by atoms with E-state index in [4.69, 9.17) is 0 Å². The Kier molecular flexibility index (Phi) is 37.0. The van der Waals surface area contributed by atoms with Crippen molar-refractivity contribution in [2.24, 2.45) is 27.1 Å². The largest absolute Gasteiger partial charge is 0.339 e. The average molecular weight is 1630 g/mol. The lowest BCUT2D eigenvalue weighted by molar-refractivity contribution is -0.157. The van der Waals surface area contributed by atoms with Gasteiger partial charge in [-0.05, 0) is 192 Å². The lowest BCUT2D eigenvalue weighted by Crippen LogP contribution is -2.53. The fourth-order valence-electron chi connectivity index (χ4n) is 18.3. The van der Waals surface area contributed by atoms with Gasteiger partial charge in [-0.3, -0.25) is 47.9 Å². The van der Waals surface area contributed by atoms with Crippen LogP contribution in [0, 0.1) is 27.1 Å². The van der Waals surface area contributed by atoms with E-state index in [1.54, 1.807) is 47.1 Å². The SMILES string of the molecule is CC(=O)N1CCN(C(=O)/C=C/C2=C(C)CCCC2(C)C)CC1.CC1=C(/C=C/C(=O)N2CCN(C(=O)C(C)(F)F)CC2)C(C)(C)CCC1.CCC(=O)N1CCN(C(=O)/C=C/C2=C(C)CCCC2(C)C)CC1.CCC(=O)N1CCN(C(=O)/C=C/C2=C(C)CCCC2(C)C)CC1.CCCC(=O)N1CCN(C(=O)/C=C/C2=C(C)CCCC2(C)C)CC1. The fraction of sp³-hybridized carbons (Fsp3) is 0.684. The van der Waals surface area contributed by atoms with E-state index >= 15 is 0 Å². The van der Waals surface area contributed by atoms with Crippen LogP contribution in [0.4, 0.5) is 8.78 Å². The molecule has 0 aromatic carbocycles. The van der Waals surface area contributed by atoms with Crippen molar-refractivity contribution < 1.29 is 56.7 Å². The highest BCUT2D eigenvalue weighted by atomic mass is 19.3. The molecule has 0 spiro atoms. The van der Waals surface area contributed by atoms with E-state index in [2.05, 4.69) is 104 Å². The number of carbonyl (C=O) groups is 10. The number of amides is 10. The predicted molar refractivity (Wildman–Crippen MR) is 465 cm³/mol. The van der Waals surface area contributed by atoms with Crippen LogP contribution in [-0.4, -0.2) is 245 Å². The molecular weight excluding hydrogens is 1480 g/mol. The van der Waals surface area contributed by atoms with Gasteiger partial charge in [0.2, 0.25) is 53.2 Å². The van der Waals surface area contributed by atoms with Gasteiger partial charge in [-0.15, -0.1) is 0 Å². The molecule has 22 heteroatoms. The topological polar surface area (TPSA) is 203 Å². The van der Waals surface area contributed by atoms with Gasteiger partial charge < -0.3 is 49.0 Å². The van der Waals surface area contributed by atoms with Crippen LogP contribution >= 0.6 is 0 Å². The first-order chi connectivity index (χ1) is 54.9. The number of carbonyl (C=O) groups excluding carboxylic acids is 10. The van der Waals surface area contributed by atoms with Crippen LogP contribution in [-0.2, 0) is 47.9 Å². The maximum atomic E-state index is 13.1. The molecule has 5 aliphatic heterocycles. The highest BCUT2D eigenvalue weighted by Crippen LogP contribution is 2.45. The molecule has 10 aliphatic rings. The Morgan fingerprint density at radius 2 is 0.496 bits per heavy atom. The summed E-state index contributed by atoms with van der Waals surface area (Å²) in [6.45, 7) is 52.4. The molecule has 117 heavy (non-hydrogen) atoms. The second kappa shape index (κ2) is 44.3. The predicted octanol–water partition coefficient (Wildman–Crippen LogP) is 16.0. The van der Waals surface area contributed by atoms with Gasteiger partial charge in [-0.1, -0.05) is 148 Å². The Labute approximate surface area is 702 Å². The van der Waals surface area contributed by atoms with Crippen molar-refractivity contribution in [3.05, 3.63) is 116 Å². The Hall–Kier alpha value is -8.04. The van der Waals surface area contributed by atoms with E-state index in [1.165, 1.54) is 114 Å². The minimum atomic E-state index is -3.36. The Morgan fingerprint density at radius 1 is 0.308 bits per heavy atom. The molecule has 0 unspecified atom stereocenters. The Balaban J connectivity index is 0.000000227. The standard InChI is InChI=1S/C20H32N2O2.C19H28F2N2O2.2C19H30N2O2.C18H28N2O2/c1-5-7-18(23)21-12-14-22(15-13-21)19(24)10-9-17-16(2)8-6-11-20(17,3)4;1-14-6-5-9-18(2,3)15(14)7-8-16(24)22-10-12-23(13-11-22)17(25)19(4,20)21;2*1-5-17(22)20-11-13-21(14-12-20)18(23)9-8-16-15(2)7-6-10-19(16,3)4;1-14-6-5-9-18(3,4)16(14)7-8-17(22)20-12-10-19(11-13-20)15(2)21/h9-10H,5-8,11-15H2,1-4H3;7-8H,5-6,9-13H2,1-4H3;2*8-9H,5-7,10-14H2,1-4H3;7-8H,5-6,9-13H2,1-4H3/b10-9+;8-7+;2*9-8+;8-7+. The molecule has 5 aliphatic carbocycles. The summed E-state index contributed by atoms with van der Waals surface area (Å²) in [5.74, 6) is -3.73. The third-order valence-corrected chi connectivity index (χ3v) is 25.9. The second-order valence-electron chi connectivity index (χ2n) is 37.2. The summed E-state index contributed by atoms with van der Waals surface area (Å²) in [4.78, 5) is 138. The van der Waals surface area contributed by atoms with Crippen LogP contribution in [0.1, 0.15) is 260 Å². The minimum Gasteiger partial charge on any atom is -0.339 e. The van der Waals surface area contributed by atoms with Crippen LogP contribution in [0.5, 0.6) is 0 Å². The quantitative estimate of drug-likeness (QED) is 0.142. The van der Waals surface area contributed by atoms with E-state index < -0.39 is 11.8 Å². The smallest absolute Gasteiger partial charge is 0.322 e. The van der Waals surface area contributed by atoms with Crippen LogP contribution in [0.25, 0.3) is 0 Å². The maximum Gasteiger partial charge on any atom is 0.322 e. The Bertz CT molecular complexity index is 3730. The van der Waals surface area contributed by atoms with Gasteiger partial charge in [0.25, 0.3) is 5.91 Å². The molecule has 0 aromatic heterocycles. The fourth-order valence-corrected chi connectivity index (χ4v) is 18.3. The third kappa shape index (κ3) is 28.9. The molecular formula is C95H148F2N10O10. The van der Waals surface area contributed by atoms with E-state index in [9.17, 15) is 56.7 Å². The molecule has 0 aromatic rings. The molecule has 0 atom stereocenters. The number of allylic oxidation sites excluding steroid dienone is 15. The van der Waals surface area contributed by atoms with Gasteiger partial charge in [-0.2, -0.15) is 8.78 Å². The van der Waals surface area contributed by atoms with E-state index in [0.29, 0.717) is 131 Å². The first-order valence-electron chi connectivity index (χ1n) is 44.0. The van der Waals surface area contributed by atoms with Crippen LogP contribution < -0.4 is 0 Å². The molecule has 5 saturated heterocycles. The maximum absolute atomic E-state index is 13.1. The first kappa shape index (κ1) is 97.8. The molecule has 652 valence electrons. The zero-order chi connectivity index (χ0) is 87.0. The van der Waals surface area contributed by atoms with Crippen molar-refractivity contribution >= 4 is 59.1 Å². The molecule has 0 saturated carbocycles. The minimum absolute atomic E-state index is 0.0601. The van der Waals surface area contributed by atoms with Crippen molar-refractivity contribution in [3.63, 3.8) is 0 Å². The van der Waals surface area contributed by atoms with Crippen molar-refractivity contribution in [2.45, 2.75) is 266 Å². The van der Waals surface area contributed by atoms with Crippen molar-refractivity contribution in [3.8, 4) is 0 Å². The summed E-state index contributed by atoms with van der Waals surface area (Å²) < 4.78 is 26.2. The number of alkyl halides is 2. The highest BCUT2D eigenvalue weighted by Gasteiger charge is 2.39. The molecule has 5 fully saturated rings. The zero-order valence-corrected chi connectivity index (χ0v) is 75.7. The van der Waals surface area contributed by atoms with Gasteiger partial charge in [-0.25, -0.2) is 0 Å². The summed E-state index contributed by atoms with van der Waals surface area (Å²) in [7, 11) is 0. The molecule has 0 N–H and O–H groups in total. The van der Waals surface area contributed by atoms with E-state index in [0.717, 1.165) is 49.8 Å². The molecule has 0 radical (unpaired) electrons. The van der Waals surface area contributed by atoms with Crippen molar-refractivity contribution in [1.82, 2.24) is 49.0 Å². The number of halogens is 2. The summed E-state index contributed by atoms with van der Waals surface area (Å²) in [6.07, 6.45) is 38.6. The molecule has 10 amide bonds. The van der Waals surface area contributed by atoms with E-state index in [1.807, 2.05) is 85.5 Å². The second-order valence-corrected chi connectivity index (χ2v) is 37.2. The van der Waals surface area contributed by atoms with Crippen molar-refractivity contribution in [1.29, 1.82) is 0 Å². The van der Waals surface area contributed by atoms with Gasteiger partial charge >= 0.3 is 5.92 Å². The summed E-state index contributed by atoms with van der Waals surface area (Å²) >= 11 is 0. The monoisotopic (exact) mass is 1630 g/mol. The van der Waals surface area contributed by atoms with E-state index in [-0.39, 0.29) is 106 Å². The van der Waals surface area contributed by atoms with Crippen LogP contribution in [0.15, 0.2) is 116 Å². The third-order valence-electron chi connectivity index (χ3n) is 25.9. The summed E-state index contributed by atoms with van der Waals surface area (Å²) in [5.41, 5.74) is 14.1. The number of hydrogen-bond donors (Lipinski definition) is 0. The van der Waals surface area contributed by atoms with Crippen LogP contribution in [0.2, 0.25) is 0 Å². The molecule has 20 nitrogen and oxygen atoms in total. The zero-order valence-electron chi connectivity index (χ0n) is 75.7. The number of nitrogens with zero attached hydrogens (tertiary/aromatic N) is 10. The average Bonchev–Trinajstić information content (AvgIpc) is 0.830. The molecule has 5 heterocycles. The first-order valence-corrected chi connectivity index (χ1v) is 44.0. The number of piperazine rings is 5. The molecule has 10 rings (SSSR count). The lowest BCUT2D eigenvalue weighted by atomic mass is 9.72. The van der Waals surface area contributed by atoms with Gasteiger partial charge in [0, 0.05) is 194 Å². The van der Waals surface area contributed by atoms with Crippen molar-refractivity contribution in [2.75, 3.05) is 131 Å². The van der Waals surface area contributed by atoms with Gasteiger partial charge in [0.1, 0.15) is 0 Å². The lowest BCUT2D eigenvalue weighted by Gasteiger charge is -2.35. The van der Waals surface area contributed by atoms with Crippen LogP contribution in [0.3, 0.4) is 0 Å².